The topological polar surface area (TPSA) is 115 Å². The summed E-state index contributed by atoms with van der Waals surface area (Å²) < 4.78 is 45.5. The molecule has 0 spiro atoms. The summed E-state index contributed by atoms with van der Waals surface area (Å²) in [6.45, 7) is 1.23. The number of pyridine rings is 1. The van der Waals surface area contributed by atoms with Gasteiger partial charge in [0.15, 0.2) is 11.4 Å². The van der Waals surface area contributed by atoms with E-state index in [1.54, 1.807) is 12.1 Å². The number of carbonyl (C=O) groups excluding carboxylic acids is 2. The molecule has 9 nitrogen and oxygen atoms in total. The fourth-order valence-electron chi connectivity index (χ4n) is 3.88. The number of carbonyl (C=O) groups is 2. The number of halogens is 3. The van der Waals surface area contributed by atoms with Crippen LogP contribution >= 0.6 is 0 Å². The number of alkyl halides is 3. The summed E-state index contributed by atoms with van der Waals surface area (Å²) in [5.41, 5.74) is 5.00. The highest BCUT2D eigenvalue weighted by atomic mass is 19.4. The van der Waals surface area contributed by atoms with Gasteiger partial charge in [-0.3, -0.25) is 9.59 Å². The van der Waals surface area contributed by atoms with Crippen LogP contribution in [-0.4, -0.2) is 46.8 Å². The van der Waals surface area contributed by atoms with Crippen molar-refractivity contribution in [2.75, 3.05) is 30.4 Å². The number of benzene rings is 1. The average molecular weight is 488 g/mol. The lowest BCUT2D eigenvalue weighted by Crippen LogP contribution is -2.41. The fraction of sp³-hybridized carbons (Fsp3) is 0.304. The summed E-state index contributed by atoms with van der Waals surface area (Å²) >= 11 is 0. The van der Waals surface area contributed by atoms with E-state index in [9.17, 15) is 22.8 Å². The van der Waals surface area contributed by atoms with E-state index in [4.69, 9.17) is 10.5 Å². The van der Waals surface area contributed by atoms with Crippen LogP contribution in [0.5, 0.6) is 5.75 Å². The zero-order valence-electron chi connectivity index (χ0n) is 18.7. The number of hydrogen-bond acceptors (Lipinski definition) is 6. The van der Waals surface area contributed by atoms with Crippen molar-refractivity contribution < 1.29 is 27.5 Å². The lowest BCUT2D eigenvalue weighted by molar-refractivity contribution is -0.137. The molecule has 2 amide bonds. The van der Waals surface area contributed by atoms with Gasteiger partial charge >= 0.3 is 6.18 Å². The third-order valence-corrected chi connectivity index (χ3v) is 5.71. The third kappa shape index (κ3) is 5.36. The van der Waals surface area contributed by atoms with Crippen LogP contribution in [0.3, 0.4) is 0 Å². The number of ether oxygens (including phenoxy) is 1. The first-order valence-electron chi connectivity index (χ1n) is 10.8. The Morgan fingerprint density at radius 2 is 2.03 bits per heavy atom. The van der Waals surface area contributed by atoms with Crippen LogP contribution in [0.1, 0.15) is 28.9 Å². The molecule has 0 saturated carbocycles. The molecule has 1 fully saturated rings. The van der Waals surface area contributed by atoms with Gasteiger partial charge < -0.3 is 20.7 Å². The number of amides is 2. The molecule has 1 saturated heterocycles. The van der Waals surface area contributed by atoms with E-state index in [-0.39, 0.29) is 29.0 Å². The molecule has 3 heterocycles. The van der Waals surface area contributed by atoms with Crippen LogP contribution < -0.4 is 20.7 Å². The Balaban J connectivity index is 1.49. The van der Waals surface area contributed by atoms with Gasteiger partial charge in [-0.25, -0.2) is 9.67 Å². The Hall–Kier alpha value is -4.09. The van der Waals surface area contributed by atoms with Crippen LogP contribution in [0.4, 0.5) is 24.7 Å². The number of primary amides is 1. The number of rotatable bonds is 6. The van der Waals surface area contributed by atoms with E-state index in [1.165, 1.54) is 31.6 Å². The van der Waals surface area contributed by atoms with E-state index in [0.717, 1.165) is 36.2 Å². The minimum atomic E-state index is -4.51. The molecular formula is C23H23F3N6O3. The Labute approximate surface area is 198 Å². The molecular weight excluding hydrogens is 465 g/mol. The number of nitrogens with one attached hydrogen (secondary N) is 1. The van der Waals surface area contributed by atoms with Crippen LogP contribution in [0.25, 0.3) is 5.69 Å². The maximum atomic E-state index is 13.1. The Bertz CT molecular complexity index is 1230. The minimum absolute atomic E-state index is 0.0929. The number of nitrogens with zero attached hydrogens (tertiary/aromatic N) is 4. The lowest BCUT2D eigenvalue weighted by atomic mass is 9.97. The van der Waals surface area contributed by atoms with E-state index >= 15 is 0 Å². The first kappa shape index (κ1) is 24.0. The second-order valence-corrected chi connectivity index (χ2v) is 8.09. The summed E-state index contributed by atoms with van der Waals surface area (Å²) in [6, 6.07) is 7.96. The van der Waals surface area contributed by atoms with Crippen LogP contribution in [0.2, 0.25) is 0 Å². The van der Waals surface area contributed by atoms with Gasteiger partial charge in [0.2, 0.25) is 5.91 Å². The van der Waals surface area contributed by atoms with Crippen molar-refractivity contribution in [3.8, 4) is 11.4 Å². The number of nitrogens with two attached hydrogens (primary N) is 1. The molecule has 184 valence electrons. The van der Waals surface area contributed by atoms with Gasteiger partial charge in [0.05, 0.1) is 42.4 Å². The highest BCUT2D eigenvalue weighted by Crippen LogP contribution is 2.31. The smallest absolute Gasteiger partial charge is 0.416 e. The third-order valence-electron chi connectivity index (χ3n) is 5.71. The molecule has 0 aliphatic carbocycles. The van der Waals surface area contributed by atoms with Crippen molar-refractivity contribution in [3.63, 3.8) is 0 Å². The van der Waals surface area contributed by atoms with Crippen molar-refractivity contribution in [2.24, 2.45) is 11.7 Å². The minimum Gasteiger partial charge on any atom is -0.493 e. The van der Waals surface area contributed by atoms with Crippen molar-refractivity contribution in [1.29, 1.82) is 0 Å². The number of hydrogen-bond donors (Lipinski definition) is 2. The van der Waals surface area contributed by atoms with E-state index < -0.39 is 17.6 Å². The largest absolute Gasteiger partial charge is 0.493 e. The number of anilines is 2. The van der Waals surface area contributed by atoms with Gasteiger partial charge in [0.25, 0.3) is 5.91 Å². The van der Waals surface area contributed by atoms with Gasteiger partial charge in [-0.2, -0.15) is 18.3 Å². The first-order valence-corrected chi connectivity index (χ1v) is 10.8. The molecule has 4 rings (SSSR count). The fourth-order valence-corrected chi connectivity index (χ4v) is 3.88. The Kier molecular flexibility index (Phi) is 6.63. The predicted octanol–water partition coefficient (Wildman–Crippen LogP) is 3.25. The quantitative estimate of drug-likeness (QED) is 0.551. The molecule has 1 unspecified atom stereocenters. The van der Waals surface area contributed by atoms with Crippen LogP contribution in [0.15, 0.2) is 48.8 Å². The SMILES string of the molecule is COc1cn(-c2cccc(C(F)(F)F)c2)nc1C(=O)Nc1ccc(N2CCCC(C(N)=O)C2)nc1. The van der Waals surface area contributed by atoms with E-state index in [2.05, 4.69) is 15.4 Å². The highest BCUT2D eigenvalue weighted by molar-refractivity contribution is 6.04. The monoisotopic (exact) mass is 488 g/mol. The second kappa shape index (κ2) is 9.65. The van der Waals surface area contributed by atoms with Crippen molar-refractivity contribution in [1.82, 2.24) is 14.8 Å². The lowest BCUT2D eigenvalue weighted by Gasteiger charge is -2.32. The van der Waals surface area contributed by atoms with E-state index in [0.29, 0.717) is 18.1 Å². The highest BCUT2D eigenvalue weighted by Gasteiger charge is 2.31. The Morgan fingerprint density at radius 3 is 2.69 bits per heavy atom. The normalized spacial score (nSPS) is 16.1. The molecule has 1 aliphatic rings. The zero-order valence-corrected chi connectivity index (χ0v) is 18.7. The summed E-state index contributed by atoms with van der Waals surface area (Å²) in [6.07, 6.45) is -0.146. The molecule has 3 aromatic rings. The molecule has 2 aromatic heterocycles. The summed E-state index contributed by atoms with van der Waals surface area (Å²) in [5.74, 6) is -0.439. The maximum Gasteiger partial charge on any atom is 0.416 e. The van der Waals surface area contributed by atoms with Gasteiger partial charge in [-0.1, -0.05) is 6.07 Å². The second-order valence-electron chi connectivity index (χ2n) is 8.09. The van der Waals surface area contributed by atoms with Gasteiger partial charge in [-0.05, 0) is 43.2 Å². The van der Waals surface area contributed by atoms with Crippen molar-refractivity contribution >= 4 is 23.3 Å². The van der Waals surface area contributed by atoms with E-state index in [1.807, 2.05) is 4.90 Å². The van der Waals surface area contributed by atoms with Gasteiger partial charge in [-0.15, -0.1) is 0 Å². The first-order chi connectivity index (χ1) is 16.7. The molecule has 1 aromatic carbocycles. The van der Waals surface area contributed by atoms with Crippen LogP contribution in [-0.2, 0) is 11.0 Å². The van der Waals surface area contributed by atoms with Gasteiger partial charge in [0, 0.05) is 13.1 Å². The maximum absolute atomic E-state index is 13.1. The predicted molar refractivity (Wildman–Crippen MR) is 121 cm³/mol. The molecule has 1 aliphatic heterocycles. The Morgan fingerprint density at radius 1 is 1.23 bits per heavy atom. The molecule has 0 bridgehead atoms. The van der Waals surface area contributed by atoms with Crippen LogP contribution in [0, 0.1) is 5.92 Å². The molecule has 0 radical (unpaired) electrons. The number of methoxy groups -OCH3 is 1. The summed E-state index contributed by atoms with van der Waals surface area (Å²) in [5, 5.41) is 6.79. The molecule has 3 N–H and O–H groups in total. The standard InChI is InChI=1S/C23H23F3N6O3/c1-35-18-13-32(17-6-2-5-15(10-17)23(24,25)26)30-20(18)22(34)29-16-7-8-19(28-11-16)31-9-3-4-14(12-31)21(27)33/h2,5-8,10-11,13-14H,3-4,9,12H2,1H3,(H2,27,33)(H,29,34). The number of aromatic nitrogens is 3. The molecule has 35 heavy (non-hydrogen) atoms. The molecule has 1 atom stereocenters. The summed E-state index contributed by atoms with van der Waals surface area (Å²) in [7, 11) is 1.33. The van der Waals surface area contributed by atoms with Gasteiger partial charge in [0.1, 0.15) is 5.82 Å². The average Bonchev–Trinajstić information content (AvgIpc) is 3.29. The van der Waals surface area contributed by atoms with Crippen molar-refractivity contribution in [3.05, 3.63) is 60.0 Å². The van der Waals surface area contributed by atoms with Crippen molar-refractivity contribution in [2.45, 2.75) is 19.0 Å². The number of piperidine rings is 1. The zero-order chi connectivity index (χ0) is 25.2. The molecule has 12 heteroatoms. The summed E-state index contributed by atoms with van der Waals surface area (Å²) in [4.78, 5) is 30.7.